The molecule has 2 heterocycles. The summed E-state index contributed by atoms with van der Waals surface area (Å²) in [5.41, 5.74) is 5.71. The van der Waals surface area contributed by atoms with Crippen molar-refractivity contribution in [2.24, 2.45) is 0 Å². The monoisotopic (exact) mass is 516 g/mol. The van der Waals surface area contributed by atoms with Crippen molar-refractivity contribution < 1.29 is 22.7 Å². The van der Waals surface area contributed by atoms with Gasteiger partial charge in [0.2, 0.25) is 0 Å². The van der Waals surface area contributed by atoms with E-state index in [1.54, 1.807) is 12.1 Å². The molecule has 7 nitrogen and oxygen atoms in total. The number of rotatable bonds is 5. The fraction of sp³-hybridized carbons (Fsp3) is 0.207. The van der Waals surface area contributed by atoms with E-state index in [9.17, 15) is 13.2 Å². The molecule has 0 atom stereocenters. The standard InChI is InChI=1S/C29H28N2O5S/c1-19-17-25(29(32)30-22-10-12-23(13-11-22)37(3,33)34)20(2)31(19)26-8-5-4-7-24(26)21-9-14-27-28(18-21)36-16-6-15-35-27/h4-5,7-14,17-18H,6,15-16H2,1-3H3,(H,30,32). The molecule has 1 aromatic heterocycles. The maximum atomic E-state index is 13.2. The highest BCUT2D eigenvalue weighted by molar-refractivity contribution is 7.90. The van der Waals surface area contributed by atoms with Gasteiger partial charge in [-0.1, -0.05) is 24.3 Å². The Hall–Kier alpha value is -4.04. The zero-order chi connectivity index (χ0) is 26.2. The topological polar surface area (TPSA) is 86.6 Å². The number of nitrogens with one attached hydrogen (secondary N) is 1. The highest BCUT2D eigenvalue weighted by Crippen LogP contribution is 2.37. The van der Waals surface area contributed by atoms with Crippen molar-refractivity contribution in [2.75, 3.05) is 24.8 Å². The maximum Gasteiger partial charge on any atom is 0.257 e. The molecule has 0 unspecified atom stereocenters. The van der Waals surface area contributed by atoms with Crippen LogP contribution in [0.15, 0.2) is 77.7 Å². The molecular formula is C29H28N2O5S. The molecule has 1 aliphatic heterocycles. The summed E-state index contributed by atoms with van der Waals surface area (Å²) < 4.78 is 37.2. The summed E-state index contributed by atoms with van der Waals surface area (Å²) in [7, 11) is -3.30. The van der Waals surface area contributed by atoms with Crippen LogP contribution < -0.4 is 14.8 Å². The van der Waals surface area contributed by atoms with Crippen molar-refractivity contribution >= 4 is 21.4 Å². The fourth-order valence-corrected chi connectivity index (χ4v) is 5.22. The molecule has 0 fully saturated rings. The van der Waals surface area contributed by atoms with Crippen molar-refractivity contribution in [3.05, 3.63) is 89.7 Å². The molecule has 0 saturated carbocycles. The largest absolute Gasteiger partial charge is 0.490 e. The lowest BCUT2D eigenvalue weighted by Gasteiger charge is -2.16. The van der Waals surface area contributed by atoms with E-state index in [-0.39, 0.29) is 10.8 Å². The van der Waals surface area contributed by atoms with E-state index in [1.807, 2.05) is 56.3 Å². The molecule has 0 aliphatic carbocycles. The fourth-order valence-electron chi connectivity index (χ4n) is 4.59. The Morgan fingerprint density at radius 1 is 0.892 bits per heavy atom. The van der Waals surface area contributed by atoms with E-state index < -0.39 is 9.84 Å². The van der Waals surface area contributed by atoms with Crippen molar-refractivity contribution in [3.63, 3.8) is 0 Å². The third-order valence-electron chi connectivity index (χ3n) is 6.42. The number of sulfone groups is 1. The second kappa shape index (κ2) is 9.78. The number of carbonyl (C=O) groups is 1. The number of anilines is 1. The zero-order valence-electron chi connectivity index (χ0n) is 20.9. The molecule has 190 valence electrons. The van der Waals surface area contributed by atoms with Gasteiger partial charge in [-0.3, -0.25) is 4.79 Å². The van der Waals surface area contributed by atoms with Crippen LogP contribution in [0.25, 0.3) is 16.8 Å². The number of amides is 1. The van der Waals surface area contributed by atoms with E-state index in [1.165, 1.54) is 12.1 Å². The minimum Gasteiger partial charge on any atom is -0.490 e. The highest BCUT2D eigenvalue weighted by Gasteiger charge is 2.20. The Balaban J connectivity index is 1.48. The molecule has 1 aliphatic rings. The summed E-state index contributed by atoms with van der Waals surface area (Å²) in [4.78, 5) is 13.4. The number of aryl methyl sites for hydroxylation is 1. The van der Waals surface area contributed by atoms with E-state index in [0.717, 1.165) is 52.4 Å². The van der Waals surface area contributed by atoms with Gasteiger partial charge in [0.15, 0.2) is 21.3 Å². The Bertz CT molecular complexity index is 1590. The minimum absolute atomic E-state index is 0.204. The first-order valence-corrected chi connectivity index (χ1v) is 13.9. The summed E-state index contributed by atoms with van der Waals surface area (Å²) in [5, 5.41) is 2.88. The van der Waals surface area contributed by atoms with Crippen molar-refractivity contribution in [3.8, 4) is 28.3 Å². The average Bonchev–Trinajstić information content (AvgIpc) is 3.03. The molecule has 8 heteroatoms. The van der Waals surface area contributed by atoms with Crippen LogP contribution in [0, 0.1) is 13.8 Å². The number of aromatic nitrogens is 1. The van der Waals surface area contributed by atoms with Gasteiger partial charge in [-0.05, 0) is 67.9 Å². The Labute approximate surface area is 216 Å². The summed E-state index contributed by atoms with van der Waals surface area (Å²) in [6, 6.07) is 22.0. The molecule has 0 bridgehead atoms. The van der Waals surface area contributed by atoms with Gasteiger partial charge in [0.25, 0.3) is 5.91 Å². The average molecular weight is 517 g/mol. The van der Waals surface area contributed by atoms with Gasteiger partial charge < -0.3 is 19.4 Å². The molecule has 4 aromatic rings. The molecule has 37 heavy (non-hydrogen) atoms. The van der Waals surface area contributed by atoms with Crippen LogP contribution in [0.1, 0.15) is 28.2 Å². The first kappa shape index (κ1) is 24.6. The lowest BCUT2D eigenvalue weighted by molar-refractivity contribution is 0.102. The third-order valence-corrected chi connectivity index (χ3v) is 7.55. The number of hydrogen-bond donors (Lipinski definition) is 1. The Morgan fingerprint density at radius 3 is 2.32 bits per heavy atom. The van der Waals surface area contributed by atoms with Gasteiger partial charge in [-0.15, -0.1) is 0 Å². The second-order valence-electron chi connectivity index (χ2n) is 9.10. The molecule has 1 amide bonds. The van der Waals surface area contributed by atoms with E-state index in [4.69, 9.17) is 9.47 Å². The van der Waals surface area contributed by atoms with Crippen molar-refractivity contribution in [2.45, 2.75) is 25.2 Å². The predicted octanol–water partition coefficient (Wildman–Crippen LogP) is 5.58. The molecule has 0 radical (unpaired) electrons. The third kappa shape index (κ3) is 4.97. The summed E-state index contributed by atoms with van der Waals surface area (Å²) in [6.45, 7) is 5.13. The van der Waals surface area contributed by atoms with E-state index in [2.05, 4.69) is 16.0 Å². The van der Waals surface area contributed by atoms with E-state index >= 15 is 0 Å². The van der Waals surface area contributed by atoms with Gasteiger partial charge in [-0.25, -0.2) is 8.42 Å². The van der Waals surface area contributed by atoms with Gasteiger partial charge in [-0.2, -0.15) is 0 Å². The quantitative estimate of drug-likeness (QED) is 0.374. The van der Waals surface area contributed by atoms with Crippen LogP contribution in [0.2, 0.25) is 0 Å². The molecule has 0 saturated heterocycles. The van der Waals surface area contributed by atoms with Crippen LogP contribution in [0.3, 0.4) is 0 Å². The van der Waals surface area contributed by atoms with Gasteiger partial charge in [0.1, 0.15) is 0 Å². The lowest BCUT2D eigenvalue weighted by Crippen LogP contribution is -2.13. The first-order chi connectivity index (χ1) is 17.7. The van der Waals surface area contributed by atoms with Crippen LogP contribution >= 0.6 is 0 Å². The van der Waals surface area contributed by atoms with E-state index in [0.29, 0.717) is 24.5 Å². The first-order valence-electron chi connectivity index (χ1n) is 12.0. The number of fused-ring (bicyclic) bond motifs is 1. The minimum atomic E-state index is -3.30. The van der Waals surface area contributed by atoms with Crippen molar-refractivity contribution in [1.82, 2.24) is 4.57 Å². The molecule has 0 spiro atoms. The maximum absolute atomic E-state index is 13.2. The highest BCUT2D eigenvalue weighted by atomic mass is 32.2. The predicted molar refractivity (Wildman–Crippen MR) is 144 cm³/mol. The van der Waals surface area contributed by atoms with Crippen LogP contribution in [-0.2, 0) is 9.84 Å². The van der Waals surface area contributed by atoms with Crippen LogP contribution in [-0.4, -0.2) is 38.4 Å². The van der Waals surface area contributed by atoms with Crippen LogP contribution in [0.4, 0.5) is 5.69 Å². The molecule has 3 aromatic carbocycles. The van der Waals surface area contributed by atoms with Crippen molar-refractivity contribution in [1.29, 1.82) is 0 Å². The normalized spacial score (nSPS) is 13.2. The SMILES string of the molecule is Cc1cc(C(=O)Nc2ccc(S(C)(=O)=O)cc2)c(C)n1-c1ccccc1-c1ccc2c(c1)OCCCO2. The van der Waals surface area contributed by atoms with Gasteiger partial charge >= 0.3 is 0 Å². The summed E-state index contributed by atoms with van der Waals surface area (Å²) in [5.74, 6) is 1.21. The zero-order valence-corrected chi connectivity index (χ0v) is 21.8. The number of hydrogen-bond acceptors (Lipinski definition) is 5. The Kier molecular flexibility index (Phi) is 6.52. The number of benzene rings is 3. The summed E-state index contributed by atoms with van der Waals surface area (Å²) >= 11 is 0. The van der Waals surface area contributed by atoms with Crippen LogP contribution in [0.5, 0.6) is 11.5 Å². The molecular weight excluding hydrogens is 488 g/mol. The number of carbonyl (C=O) groups excluding carboxylic acids is 1. The number of nitrogens with zero attached hydrogens (tertiary/aromatic N) is 1. The summed E-state index contributed by atoms with van der Waals surface area (Å²) in [6.07, 6.45) is 1.99. The smallest absolute Gasteiger partial charge is 0.257 e. The molecule has 1 N–H and O–H groups in total. The molecule has 5 rings (SSSR count). The Morgan fingerprint density at radius 2 is 1.59 bits per heavy atom. The van der Waals surface area contributed by atoms with Gasteiger partial charge in [0, 0.05) is 35.3 Å². The lowest BCUT2D eigenvalue weighted by atomic mass is 10.0. The second-order valence-corrected chi connectivity index (χ2v) is 11.1. The number of para-hydroxylation sites is 1. The number of ether oxygens (including phenoxy) is 2. The van der Waals surface area contributed by atoms with Gasteiger partial charge in [0.05, 0.1) is 29.4 Å².